The molecule has 18 heavy (non-hydrogen) atoms. The molecule has 0 spiro atoms. The highest BCUT2D eigenvalue weighted by atomic mass is 32.1. The van der Waals surface area contributed by atoms with E-state index >= 15 is 0 Å². The average molecular weight is 261 g/mol. The summed E-state index contributed by atoms with van der Waals surface area (Å²) in [5.41, 5.74) is 3.22. The summed E-state index contributed by atoms with van der Waals surface area (Å²) < 4.78 is 5.23. The maximum Gasteiger partial charge on any atom is 0.323 e. The molecule has 1 aromatic carbocycles. The van der Waals surface area contributed by atoms with Crippen molar-refractivity contribution >= 4 is 22.4 Å². The van der Waals surface area contributed by atoms with Gasteiger partial charge in [-0.2, -0.15) is 0 Å². The molecule has 2 aromatic heterocycles. The first kappa shape index (κ1) is 11.0. The largest absolute Gasteiger partial charge is 0.486 e. The second kappa shape index (κ2) is 3.99. The number of aryl methyl sites for hydroxylation is 1. The zero-order chi connectivity index (χ0) is 12.7. The standard InChI is InChI=1S/C12H11N3O2S/c1-6-11(17-2)18-10(13-6)7-3-4-8-9(5-7)15-12(16)14-8/h3-5H,1-2H3,(H2,14,15,16). The normalized spacial score (nSPS) is 11.0. The summed E-state index contributed by atoms with van der Waals surface area (Å²) >= 11 is 1.49. The molecule has 0 saturated carbocycles. The SMILES string of the molecule is COc1sc(-c2ccc3[nH]c(=O)[nH]c3c2)nc1C. The molecular formula is C12H11N3O2S. The Balaban J connectivity index is 2.15. The Morgan fingerprint density at radius 3 is 2.78 bits per heavy atom. The monoisotopic (exact) mass is 261 g/mol. The van der Waals surface area contributed by atoms with Gasteiger partial charge in [-0.15, -0.1) is 0 Å². The molecule has 3 aromatic rings. The molecule has 0 aliphatic rings. The number of imidazole rings is 1. The van der Waals surface area contributed by atoms with Crippen molar-refractivity contribution in [3.8, 4) is 15.6 Å². The van der Waals surface area contributed by atoms with Gasteiger partial charge in [0.2, 0.25) is 0 Å². The van der Waals surface area contributed by atoms with E-state index in [-0.39, 0.29) is 5.69 Å². The number of thiazole rings is 1. The molecule has 0 saturated heterocycles. The number of aromatic amines is 2. The Bertz CT molecular complexity index is 769. The number of fused-ring (bicyclic) bond motifs is 1. The van der Waals surface area contributed by atoms with Crippen LogP contribution in [0.4, 0.5) is 0 Å². The molecule has 0 fully saturated rings. The number of H-pyrrole nitrogens is 2. The highest BCUT2D eigenvalue weighted by Gasteiger charge is 2.10. The van der Waals surface area contributed by atoms with Crippen molar-refractivity contribution in [2.75, 3.05) is 7.11 Å². The first-order chi connectivity index (χ1) is 8.67. The van der Waals surface area contributed by atoms with Crippen molar-refractivity contribution in [2.24, 2.45) is 0 Å². The molecule has 0 aliphatic carbocycles. The van der Waals surface area contributed by atoms with Crippen LogP contribution in [0.5, 0.6) is 5.06 Å². The van der Waals surface area contributed by atoms with Gasteiger partial charge in [-0.1, -0.05) is 11.3 Å². The van der Waals surface area contributed by atoms with Crippen LogP contribution < -0.4 is 10.4 Å². The Morgan fingerprint density at radius 2 is 2.06 bits per heavy atom. The van der Waals surface area contributed by atoms with Crippen molar-refractivity contribution < 1.29 is 4.74 Å². The minimum atomic E-state index is -0.199. The third-order valence-corrected chi connectivity index (χ3v) is 3.87. The van der Waals surface area contributed by atoms with Gasteiger partial charge in [0.1, 0.15) is 5.01 Å². The van der Waals surface area contributed by atoms with Gasteiger partial charge < -0.3 is 14.7 Å². The summed E-state index contributed by atoms with van der Waals surface area (Å²) in [4.78, 5) is 21.1. The fourth-order valence-electron chi connectivity index (χ4n) is 1.86. The van der Waals surface area contributed by atoms with Gasteiger partial charge in [0, 0.05) is 5.56 Å². The summed E-state index contributed by atoms with van der Waals surface area (Å²) in [6.45, 7) is 1.91. The van der Waals surface area contributed by atoms with Crippen molar-refractivity contribution in [1.82, 2.24) is 15.0 Å². The topological polar surface area (TPSA) is 70.8 Å². The zero-order valence-corrected chi connectivity index (χ0v) is 10.7. The van der Waals surface area contributed by atoms with Crippen LogP contribution in [-0.2, 0) is 0 Å². The zero-order valence-electron chi connectivity index (χ0n) is 9.90. The van der Waals surface area contributed by atoms with Crippen LogP contribution in [-0.4, -0.2) is 22.1 Å². The van der Waals surface area contributed by atoms with Crippen LogP contribution in [0.25, 0.3) is 21.6 Å². The first-order valence-electron chi connectivity index (χ1n) is 5.41. The maximum atomic E-state index is 11.2. The summed E-state index contributed by atoms with van der Waals surface area (Å²) in [5, 5.41) is 1.70. The third-order valence-electron chi connectivity index (χ3n) is 2.70. The Hall–Kier alpha value is -2.08. The average Bonchev–Trinajstić information content (AvgIpc) is 2.89. The number of hydrogen-bond acceptors (Lipinski definition) is 4. The van der Waals surface area contributed by atoms with Gasteiger partial charge in [-0.25, -0.2) is 9.78 Å². The lowest BCUT2D eigenvalue weighted by Gasteiger charge is -1.95. The molecule has 0 radical (unpaired) electrons. The Labute approximate surface area is 106 Å². The lowest BCUT2D eigenvalue weighted by atomic mass is 10.2. The van der Waals surface area contributed by atoms with Gasteiger partial charge in [0.25, 0.3) is 0 Å². The van der Waals surface area contributed by atoms with E-state index in [1.54, 1.807) is 7.11 Å². The van der Waals surface area contributed by atoms with Crippen LogP contribution in [0.15, 0.2) is 23.0 Å². The lowest BCUT2D eigenvalue weighted by Crippen LogP contribution is -1.99. The van der Waals surface area contributed by atoms with E-state index in [1.807, 2.05) is 25.1 Å². The van der Waals surface area contributed by atoms with Crippen molar-refractivity contribution in [3.63, 3.8) is 0 Å². The lowest BCUT2D eigenvalue weighted by molar-refractivity contribution is 0.423. The van der Waals surface area contributed by atoms with Crippen molar-refractivity contribution in [1.29, 1.82) is 0 Å². The van der Waals surface area contributed by atoms with Crippen molar-refractivity contribution in [2.45, 2.75) is 6.92 Å². The predicted molar refractivity (Wildman–Crippen MR) is 71.3 cm³/mol. The number of rotatable bonds is 2. The van der Waals surface area contributed by atoms with E-state index < -0.39 is 0 Å². The van der Waals surface area contributed by atoms with E-state index in [0.29, 0.717) is 0 Å². The highest BCUT2D eigenvalue weighted by molar-refractivity contribution is 7.17. The molecule has 2 heterocycles. The number of methoxy groups -OCH3 is 1. The highest BCUT2D eigenvalue weighted by Crippen LogP contribution is 2.33. The van der Waals surface area contributed by atoms with Crippen LogP contribution >= 0.6 is 11.3 Å². The molecule has 5 nitrogen and oxygen atoms in total. The smallest absolute Gasteiger partial charge is 0.323 e. The van der Waals surface area contributed by atoms with Gasteiger partial charge in [0.15, 0.2) is 5.06 Å². The Kier molecular flexibility index (Phi) is 2.45. The number of benzene rings is 1. The van der Waals surface area contributed by atoms with Gasteiger partial charge in [-0.3, -0.25) is 0 Å². The number of ether oxygens (including phenoxy) is 1. The van der Waals surface area contributed by atoms with Crippen molar-refractivity contribution in [3.05, 3.63) is 34.4 Å². The van der Waals surface area contributed by atoms with E-state index in [2.05, 4.69) is 15.0 Å². The van der Waals surface area contributed by atoms with Crippen LogP contribution in [0.2, 0.25) is 0 Å². The number of nitrogens with one attached hydrogen (secondary N) is 2. The molecule has 2 N–H and O–H groups in total. The number of aromatic nitrogens is 3. The summed E-state index contributed by atoms with van der Waals surface area (Å²) in [6, 6.07) is 5.71. The minimum Gasteiger partial charge on any atom is -0.486 e. The molecule has 0 amide bonds. The Morgan fingerprint density at radius 1 is 1.28 bits per heavy atom. The molecule has 0 bridgehead atoms. The molecule has 0 atom stereocenters. The molecular weight excluding hydrogens is 250 g/mol. The van der Waals surface area contributed by atoms with Crippen LogP contribution in [0.3, 0.4) is 0 Å². The van der Waals surface area contributed by atoms with Gasteiger partial charge >= 0.3 is 5.69 Å². The van der Waals surface area contributed by atoms with Crippen LogP contribution in [0, 0.1) is 6.92 Å². The maximum absolute atomic E-state index is 11.2. The summed E-state index contributed by atoms with van der Waals surface area (Å²) in [7, 11) is 1.64. The van der Waals surface area contributed by atoms with Crippen LogP contribution in [0.1, 0.15) is 5.69 Å². The third kappa shape index (κ3) is 1.70. The minimum absolute atomic E-state index is 0.199. The second-order valence-electron chi connectivity index (χ2n) is 3.94. The summed E-state index contributed by atoms with van der Waals surface area (Å²) in [6.07, 6.45) is 0. The van der Waals surface area contributed by atoms with E-state index in [4.69, 9.17) is 4.74 Å². The molecule has 0 aliphatic heterocycles. The van der Waals surface area contributed by atoms with Gasteiger partial charge in [-0.05, 0) is 25.1 Å². The predicted octanol–water partition coefficient (Wildman–Crippen LogP) is 2.30. The fraction of sp³-hybridized carbons (Fsp3) is 0.167. The van der Waals surface area contributed by atoms with E-state index in [1.165, 1.54) is 11.3 Å². The van der Waals surface area contributed by atoms with Gasteiger partial charge in [0.05, 0.1) is 23.8 Å². The fourth-order valence-corrected chi connectivity index (χ4v) is 2.74. The quantitative estimate of drug-likeness (QED) is 0.743. The molecule has 92 valence electrons. The molecule has 3 rings (SSSR count). The van der Waals surface area contributed by atoms with E-state index in [9.17, 15) is 4.79 Å². The summed E-state index contributed by atoms with van der Waals surface area (Å²) in [5.74, 6) is 0. The molecule has 6 heteroatoms. The number of nitrogens with zero attached hydrogens (tertiary/aromatic N) is 1. The first-order valence-corrected chi connectivity index (χ1v) is 6.23. The second-order valence-corrected chi connectivity index (χ2v) is 4.90. The molecule has 0 unspecified atom stereocenters. The van der Waals surface area contributed by atoms with E-state index in [0.717, 1.165) is 32.4 Å². The number of hydrogen-bond donors (Lipinski definition) is 2.